The number of anilines is 2. The molecule has 3 amide bonds. The van der Waals surface area contributed by atoms with Crippen molar-refractivity contribution in [3.63, 3.8) is 0 Å². The van der Waals surface area contributed by atoms with E-state index in [2.05, 4.69) is 0 Å². The summed E-state index contributed by atoms with van der Waals surface area (Å²) in [5.41, 5.74) is 6.29. The van der Waals surface area contributed by atoms with E-state index in [0.29, 0.717) is 11.3 Å². The van der Waals surface area contributed by atoms with Gasteiger partial charge in [-0.3, -0.25) is 24.2 Å². The highest BCUT2D eigenvalue weighted by Crippen LogP contribution is 2.55. The van der Waals surface area contributed by atoms with E-state index >= 15 is 0 Å². The standard InChI is InChI=1S/C18H13F2N3O3S/c19-12-6-5-10(7-13(12)20)23-16(25)9-27-18(23)11-3-1-2-4-14(11)22(17(18)26)8-15(21)24/h1-7H,8-9H2,(H2,21,24)/t18-/m1/s1. The fourth-order valence-corrected chi connectivity index (χ4v) is 4.85. The highest BCUT2D eigenvalue weighted by atomic mass is 32.2. The van der Waals surface area contributed by atoms with Gasteiger partial charge in [0.2, 0.25) is 16.7 Å². The number of primary amides is 1. The Morgan fingerprint density at radius 1 is 1.15 bits per heavy atom. The average Bonchev–Trinajstić information content (AvgIpc) is 3.09. The number of hydrogen-bond donors (Lipinski definition) is 1. The van der Waals surface area contributed by atoms with Gasteiger partial charge in [-0.25, -0.2) is 8.78 Å². The summed E-state index contributed by atoms with van der Waals surface area (Å²) in [5, 5.41) is 0. The zero-order chi connectivity index (χ0) is 19.3. The van der Waals surface area contributed by atoms with Gasteiger partial charge < -0.3 is 5.73 Å². The molecule has 1 atom stereocenters. The Morgan fingerprint density at radius 3 is 2.59 bits per heavy atom. The van der Waals surface area contributed by atoms with Gasteiger partial charge in [0.25, 0.3) is 5.91 Å². The van der Waals surface area contributed by atoms with Gasteiger partial charge >= 0.3 is 0 Å². The maximum Gasteiger partial charge on any atom is 0.269 e. The number of para-hydroxylation sites is 1. The lowest BCUT2D eigenvalue weighted by molar-refractivity contribution is -0.125. The molecule has 2 aliphatic rings. The quantitative estimate of drug-likeness (QED) is 0.867. The molecule has 0 unspecified atom stereocenters. The van der Waals surface area contributed by atoms with E-state index in [1.54, 1.807) is 24.3 Å². The maximum atomic E-state index is 13.8. The Labute approximate surface area is 156 Å². The van der Waals surface area contributed by atoms with Gasteiger partial charge in [-0.15, -0.1) is 11.8 Å². The molecule has 6 nitrogen and oxygen atoms in total. The van der Waals surface area contributed by atoms with Crippen LogP contribution in [-0.2, 0) is 19.3 Å². The summed E-state index contributed by atoms with van der Waals surface area (Å²) < 4.78 is 27.2. The molecule has 0 aromatic heterocycles. The van der Waals surface area contributed by atoms with E-state index in [1.165, 1.54) is 15.9 Å². The number of benzene rings is 2. The van der Waals surface area contributed by atoms with Crippen LogP contribution in [0.3, 0.4) is 0 Å². The number of carbonyl (C=O) groups excluding carboxylic acids is 3. The van der Waals surface area contributed by atoms with Crippen LogP contribution in [0, 0.1) is 11.6 Å². The van der Waals surface area contributed by atoms with Crippen LogP contribution >= 0.6 is 11.8 Å². The maximum absolute atomic E-state index is 13.8. The van der Waals surface area contributed by atoms with Crippen molar-refractivity contribution < 1.29 is 23.2 Å². The molecule has 0 radical (unpaired) electrons. The molecule has 2 N–H and O–H groups in total. The minimum absolute atomic E-state index is 0.0243. The summed E-state index contributed by atoms with van der Waals surface area (Å²) in [6, 6.07) is 9.76. The van der Waals surface area contributed by atoms with Crippen molar-refractivity contribution in [2.45, 2.75) is 4.87 Å². The topological polar surface area (TPSA) is 83.7 Å². The van der Waals surface area contributed by atoms with Crippen molar-refractivity contribution in [1.29, 1.82) is 0 Å². The Bertz CT molecular complexity index is 1000. The summed E-state index contributed by atoms with van der Waals surface area (Å²) >= 11 is 1.07. The number of fused-ring (bicyclic) bond motifs is 2. The molecule has 1 saturated heterocycles. The largest absolute Gasteiger partial charge is 0.368 e. The minimum atomic E-state index is -1.49. The smallest absolute Gasteiger partial charge is 0.269 e. The number of nitrogens with two attached hydrogens (primary N) is 1. The fourth-order valence-electron chi connectivity index (χ4n) is 3.49. The number of nitrogens with zero attached hydrogens (tertiary/aromatic N) is 2. The number of amides is 3. The van der Waals surface area contributed by atoms with Gasteiger partial charge in [-0.05, 0) is 18.2 Å². The number of halogens is 2. The molecule has 4 rings (SSSR count). The Hall–Kier alpha value is -2.94. The van der Waals surface area contributed by atoms with E-state index in [4.69, 9.17) is 5.73 Å². The average molecular weight is 389 g/mol. The third-order valence-electron chi connectivity index (χ3n) is 4.54. The van der Waals surface area contributed by atoms with Crippen LogP contribution in [0.5, 0.6) is 0 Å². The monoisotopic (exact) mass is 389 g/mol. The second-order valence-electron chi connectivity index (χ2n) is 6.14. The van der Waals surface area contributed by atoms with E-state index < -0.39 is 34.2 Å². The Balaban J connectivity index is 1.92. The SMILES string of the molecule is NC(=O)CN1C(=O)[C@]2(SCC(=O)N2c2ccc(F)c(F)c2)c2ccccc21. The first-order chi connectivity index (χ1) is 12.9. The molecule has 9 heteroatoms. The van der Waals surface area contributed by atoms with Crippen molar-refractivity contribution in [3.8, 4) is 0 Å². The zero-order valence-electron chi connectivity index (χ0n) is 13.8. The Kier molecular flexibility index (Phi) is 3.92. The first-order valence-electron chi connectivity index (χ1n) is 7.98. The second kappa shape index (κ2) is 6.05. The minimum Gasteiger partial charge on any atom is -0.368 e. The molecule has 2 aliphatic heterocycles. The molecule has 0 saturated carbocycles. The summed E-state index contributed by atoms with van der Waals surface area (Å²) in [7, 11) is 0. The highest BCUT2D eigenvalue weighted by molar-refractivity contribution is 8.02. The van der Waals surface area contributed by atoms with Gasteiger partial charge in [0.05, 0.1) is 11.4 Å². The summed E-state index contributed by atoms with van der Waals surface area (Å²) in [5.74, 6) is -3.86. The zero-order valence-corrected chi connectivity index (χ0v) is 14.6. The molecule has 2 aromatic carbocycles. The van der Waals surface area contributed by atoms with Gasteiger partial charge in [0, 0.05) is 17.3 Å². The van der Waals surface area contributed by atoms with Crippen molar-refractivity contribution in [2.75, 3.05) is 22.1 Å². The molecule has 0 aliphatic carbocycles. The first-order valence-corrected chi connectivity index (χ1v) is 8.96. The number of thioether (sulfide) groups is 1. The van der Waals surface area contributed by atoms with Crippen LogP contribution in [0.2, 0.25) is 0 Å². The first kappa shape index (κ1) is 17.5. The lowest BCUT2D eigenvalue weighted by Crippen LogP contribution is -2.51. The van der Waals surface area contributed by atoms with E-state index in [-0.39, 0.29) is 18.0 Å². The molecule has 2 aromatic rings. The van der Waals surface area contributed by atoms with Crippen LogP contribution < -0.4 is 15.5 Å². The number of rotatable bonds is 3. The predicted molar refractivity (Wildman–Crippen MR) is 96.0 cm³/mol. The van der Waals surface area contributed by atoms with Gasteiger partial charge in [0.15, 0.2) is 11.6 Å². The third-order valence-corrected chi connectivity index (χ3v) is 5.93. The van der Waals surface area contributed by atoms with Crippen molar-refractivity contribution in [1.82, 2.24) is 0 Å². The molecule has 138 valence electrons. The van der Waals surface area contributed by atoms with E-state index in [0.717, 1.165) is 23.9 Å². The van der Waals surface area contributed by atoms with Crippen LogP contribution in [0.1, 0.15) is 5.56 Å². The molecule has 1 fully saturated rings. The van der Waals surface area contributed by atoms with Crippen molar-refractivity contribution in [2.24, 2.45) is 5.73 Å². The van der Waals surface area contributed by atoms with Gasteiger partial charge in [0.1, 0.15) is 6.54 Å². The second-order valence-corrected chi connectivity index (χ2v) is 7.30. The molecular weight excluding hydrogens is 376 g/mol. The van der Waals surface area contributed by atoms with Crippen molar-refractivity contribution in [3.05, 3.63) is 59.7 Å². The molecular formula is C18H13F2N3O3S. The van der Waals surface area contributed by atoms with Crippen LogP contribution in [0.25, 0.3) is 0 Å². The Morgan fingerprint density at radius 2 is 1.89 bits per heavy atom. The van der Waals surface area contributed by atoms with Gasteiger partial charge in [-0.1, -0.05) is 18.2 Å². The van der Waals surface area contributed by atoms with Crippen molar-refractivity contribution >= 4 is 40.9 Å². The predicted octanol–water partition coefficient (Wildman–Crippen LogP) is 1.73. The van der Waals surface area contributed by atoms with Crippen LogP contribution in [0.15, 0.2) is 42.5 Å². The van der Waals surface area contributed by atoms with E-state index in [9.17, 15) is 23.2 Å². The van der Waals surface area contributed by atoms with Gasteiger partial charge in [-0.2, -0.15) is 0 Å². The third kappa shape index (κ3) is 2.42. The van der Waals surface area contributed by atoms with E-state index in [1.807, 2.05) is 0 Å². The summed E-state index contributed by atoms with van der Waals surface area (Å²) in [4.78, 5) is 38.3. The molecule has 27 heavy (non-hydrogen) atoms. The fraction of sp³-hybridized carbons (Fsp3) is 0.167. The lowest BCUT2D eigenvalue weighted by Gasteiger charge is -2.33. The number of hydrogen-bond acceptors (Lipinski definition) is 4. The number of carbonyl (C=O) groups is 3. The molecule has 2 heterocycles. The normalized spacial score (nSPS) is 21.3. The lowest BCUT2D eigenvalue weighted by atomic mass is 10.0. The highest BCUT2D eigenvalue weighted by Gasteiger charge is 2.61. The van der Waals surface area contributed by atoms with Crippen LogP contribution in [-0.4, -0.2) is 30.0 Å². The molecule has 0 bridgehead atoms. The summed E-state index contributed by atoms with van der Waals surface area (Å²) in [6.45, 7) is -0.349. The van der Waals surface area contributed by atoms with Crippen LogP contribution in [0.4, 0.5) is 20.2 Å². The molecule has 1 spiro atoms. The summed E-state index contributed by atoms with van der Waals surface area (Å²) in [6.07, 6.45) is 0.